The third-order valence-electron chi connectivity index (χ3n) is 4.98. The molecule has 0 radical (unpaired) electrons. The van der Waals surface area contributed by atoms with Crippen molar-refractivity contribution in [2.75, 3.05) is 0 Å². The van der Waals surface area contributed by atoms with Gasteiger partial charge in [0.05, 0.1) is 22.8 Å². The highest BCUT2D eigenvalue weighted by Gasteiger charge is 2.51. The van der Waals surface area contributed by atoms with Gasteiger partial charge in [-0.25, -0.2) is 4.79 Å². The van der Waals surface area contributed by atoms with Crippen LogP contribution in [0.4, 0.5) is 4.79 Å². The fourth-order valence-electron chi connectivity index (χ4n) is 2.86. The zero-order valence-corrected chi connectivity index (χ0v) is 18.2. The van der Waals surface area contributed by atoms with E-state index in [2.05, 4.69) is 5.32 Å². The van der Waals surface area contributed by atoms with Gasteiger partial charge in [-0.1, -0.05) is 17.7 Å². The second-order valence-corrected chi connectivity index (χ2v) is 9.48. The highest BCUT2D eigenvalue weighted by molar-refractivity contribution is 6.63. The number of carbonyl (C=O) groups is 1. The van der Waals surface area contributed by atoms with Gasteiger partial charge in [0.15, 0.2) is 5.58 Å². The van der Waals surface area contributed by atoms with Crippen LogP contribution in [0.5, 0.6) is 0 Å². The van der Waals surface area contributed by atoms with Gasteiger partial charge in [0.2, 0.25) is 0 Å². The minimum absolute atomic E-state index is 0.200. The minimum Gasteiger partial charge on any atom is -0.458 e. The second kappa shape index (κ2) is 6.97. The molecule has 8 heteroatoms. The fourth-order valence-corrected chi connectivity index (χ4v) is 3.13. The van der Waals surface area contributed by atoms with Crippen molar-refractivity contribution in [2.24, 2.45) is 0 Å². The maximum absolute atomic E-state index is 11.8. The first-order valence-electron chi connectivity index (χ1n) is 9.32. The number of halogens is 1. The number of furan rings is 1. The molecule has 6 nitrogen and oxygen atoms in total. The van der Waals surface area contributed by atoms with Gasteiger partial charge in [-0.3, -0.25) is 0 Å². The quantitative estimate of drug-likeness (QED) is 0.763. The van der Waals surface area contributed by atoms with Crippen molar-refractivity contribution in [3.8, 4) is 0 Å². The molecule has 0 unspecified atom stereocenters. The number of hydrogen-bond donors (Lipinski definition) is 1. The molecule has 0 atom stereocenters. The maximum Gasteiger partial charge on any atom is 0.494 e. The first kappa shape index (κ1) is 21.0. The van der Waals surface area contributed by atoms with E-state index in [9.17, 15) is 4.79 Å². The molecule has 1 aromatic carbocycles. The Morgan fingerprint density at radius 1 is 1.14 bits per heavy atom. The van der Waals surface area contributed by atoms with E-state index in [0.29, 0.717) is 16.4 Å². The van der Waals surface area contributed by atoms with E-state index in [4.69, 9.17) is 30.1 Å². The Balaban J connectivity index is 1.78. The van der Waals surface area contributed by atoms with Crippen LogP contribution in [0.15, 0.2) is 22.6 Å². The number of rotatable bonds is 3. The standard InChI is InChI=1S/C20H27BClNO5/c1-18(2,3)26-17(24)23-11-14-9-12-8-13(10-15(22)16(12)25-14)21-27-19(4,5)20(6,7)28-21/h8-10H,11H2,1-7H3,(H,23,24). The molecule has 0 saturated carbocycles. The van der Waals surface area contributed by atoms with Crippen LogP contribution in [0.1, 0.15) is 54.2 Å². The molecule has 2 aromatic rings. The summed E-state index contributed by atoms with van der Waals surface area (Å²) in [6.07, 6.45) is -0.503. The third-order valence-corrected chi connectivity index (χ3v) is 5.26. The summed E-state index contributed by atoms with van der Waals surface area (Å²) in [6.45, 7) is 13.7. The zero-order chi connectivity index (χ0) is 20.9. The van der Waals surface area contributed by atoms with Crippen LogP contribution in [0.2, 0.25) is 5.02 Å². The summed E-state index contributed by atoms with van der Waals surface area (Å²) in [5.41, 5.74) is -0.0406. The highest BCUT2D eigenvalue weighted by Crippen LogP contribution is 2.37. The minimum atomic E-state index is -0.557. The summed E-state index contributed by atoms with van der Waals surface area (Å²) in [6, 6.07) is 5.57. The number of nitrogens with one attached hydrogen (secondary N) is 1. The van der Waals surface area contributed by atoms with Crippen LogP contribution in [-0.4, -0.2) is 30.0 Å². The lowest BCUT2D eigenvalue weighted by atomic mass is 9.78. The largest absolute Gasteiger partial charge is 0.494 e. The van der Waals surface area contributed by atoms with Crippen LogP contribution in [0.25, 0.3) is 11.0 Å². The molecule has 1 aromatic heterocycles. The molecule has 0 bridgehead atoms. The van der Waals surface area contributed by atoms with E-state index >= 15 is 0 Å². The second-order valence-electron chi connectivity index (χ2n) is 9.08. The normalized spacial score (nSPS) is 18.5. The predicted octanol–water partition coefficient (Wildman–Crippen LogP) is 4.41. The summed E-state index contributed by atoms with van der Waals surface area (Å²) < 4.78 is 23.2. The van der Waals surface area contributed by atoms with Crippen LogP contribution in [0, 0.1) is 0 Å². The molecule has 28 heavy (non-hydrogen) atoms. The number of benzene rings is 1. The summed E-state index contributed by atoms with van der Waals surface area (Å²) >= 11 is 6.43. The first-order valence-corrected chi connectivity index (χ1v) is 9.70. The Labute approximate surface area is 171 Å². The molecule has 1 aliphatic rings. The smallest absolute Gasteiger partial charge is 0.458 e. The van der Waals surface area contributed by atoms with Crippen LogP contribution >= 0.6 is 11.6 Å². The van der Waals surface area contributed by atoms with Gasteiger partial charge in [0, 0.05) is 5.39 Å². The molecule has 1 saturated heterocycles. The van der Waals surface area contributed by atoms with E-state index in [1.54, 1.807) is 6.07 Å². The molecule has 1 aliphatic heterocycles. The van der Waals surface area contributed by atoms with Gasteiger partial charge in [0.25, 0.3) is 0 Å². The van der Waals surface area contributed by atoms with Gasteiger partial charge >= 0.3 is 13.2 Å². The number of alkyl carbamates (subject to hydrolysis) is 1. The topological polar surface area (TPSA) is 69.9 Å². The van der Waals surface area contributed by atoms with Gasteiger partial charge < -0.3 is 23.8 Å². The molecular weight excluding hydrogens is 380 g/mol. The SMILES string of the molecule is CC(C)(C)OC(=O)NCc1cc2cc(B3OC(C)(C)C(C)(C)O3)cc(Cl)c2o1. The van der Waals surface area contributed by atoms with Crippen LogP contribution < -0.4 is 10.8 Å². The van der Waals surface area contributed by atoms with E-state index < -0.39 is 30.0 Å². The molecular formula is C20H27BClNO5. The predicted molar refractivity (Wildman–Crippen MR) is 110 cm³/mol. The number of carbonyl (C=O) groups excluding carboxylic acids is 1. The van der Waals surface area contributed by atoms with Crippen molar-refractivity contribution in [1.29, 1.82) is 0 Å². The molecule has 3 rings (SSSR count). The molecule has 1 amide bonds. The number of ether oxygens (including phenoxy) is 1. The van der Waals surface area contributed by atoms with E-state index in [0.717, 1.165) is 10.8 Å². The van der Waals surface area contributed by atoms with E-state index in [1.807, 2.05) is 60.6 Å². The average Bonchev–Trinajstić information content (AvgIpc) is 3.02. The third kappa shape index (κ3) is 4.32. The molecule has 0 aliphatic carbocycles. The van der Waals surface area contributed by atoms with Crippen LogP contribution in [0.3, 0.4) is 0 Å². The molecule has 152 valence electrons. The summed E-state index contributed by atoms with van der Waals surface area (Å²) in [7, 11) is -0.509. The van der Waals surface area contributed by atoms with Crippen molar-refractivity contribution in [2.45, 2.75) is 71.8 Å². The molecule has 1 fully saturated rings. The Hall–Kier alpha value is -1.70. The zero-order valence-electron chi connectivity index (χ0n) is 17.4. The molecule has 1 N–H and O–H groups in total. The van der Waals surface area contributed by atoms with E-state index in [1.165, 1.54) is 0 Å². The van der Waals surface area contributed by atoms with Crippen molar-refractivity contribution in [3.05, 3.63) is 29.0 Å². The molecule has 0 spiro atoms. The van der Waals surface area contributed by atoms with Crippen molar-refractivity contribution >= 4 is 41.2 Å². The van der Waals surface area contributed by atoms with Crippen molar-refractivity contribution in [1.82, 2.24) is 5.32 Å². The lowest BCUT2D eigenvalue weighted by molar-refractivity contribution is 0.00578. The monoisotopic (exact) mass is 407 g/mol. The van der Waals surface area contributed by atoms with Crippen molar-refractivity contribution in [3.63, 3.8) is 0 Å². The summed E-state index contributed by atoms with van der Waals surface area (Å²) in [5, 5.41) is 3.96. The Morgan fingerprint density at radius 3 is 2.32 bits per heavy atom. The lowest BCUT2D eigenvalue weighted by Crippen LogP contribution is -2.41. The Kier molecular flexibility index (Phi) is 5.23. The van der Waals surface area contributed by atoms with Gasteiger partial charge in [-0.2, -0.15) is 0 Å². The van der Waals surface area contributed by atoms with Crippen molar-refractivity contribution < 1.29 is 23.3 Å². The van der Waals surface area contributed by atoms with Gasteiger partial charge in [-0.05, 0) is 66.1 Å². The number of fused-ring (bicyclic) bond motifs is 1. The Bertz CT molecular complexity index is 884. The fraction of sp³-hybridized carbons (Fsp3) is 0.550. The average molecular weight is 408 g/mol. The highest BCUT2D eigenvalue weighted by atomic mass is 35.5. The van der Waals surface area contributed by atoms with Gasteiger partial charge in [0.1, 0.15) is 11.4 Å². The summed E-state index contributed by atoms with van der Waals surface area (Å²) in [5.74, 6) is 0.578. The number of hydrogen-bond acceptors (Lipinski definition) is 5. The Morgan fingerprint density at radius 2 is 1.75 bits per heavy atom. The maximum atomic E-state index is 11.8. The molecule has 2 heterocycles. The van der Waals surface area contributed by atoms with E-state index in [-0.39, 0.29) is 6.54 Å². The van der Waals surface area contributed by atoms with Gasteiger partial charge in [-0.15, -0.1) is 0 Å². The lowest BCUT2D eigenvalue weighted by Gasteiger charge is -2.32. The summed E-state index contributed by atoms with van der Waals surface area (Å²) in [4.78, 5) is 11.8. The van der Waals surface area contributed by atoms with Crippen LogP contribution in [-0.2, 0) is 20.6 Å². The number of amides is 1. The first-order chi connectivity index (χ1) is 12.8.